The van der Waals surface area contributed by atoms with Gasteiger partial charge in [-0.3, -0.25) is 19.5 Å². The van der Waals surface area contributed by atoms with Gasteiger partial charge in [-0.1, -0.05) is 19.3 Å². The number of morpholine rings is 1. The van der Waals surface area contributed by atoms with Crippen molar-refractivity contribution < 1.29 is 14.6 Å². The van der Waals surface area contributed by atoms with E-state index in [1.165, 1.54) is 32.1 Å². The first-order chi connectivity index (χ1) is 12.7. The molecule has 0 spiro atoms. The van der Waals surface area contributed by atoms with Crippen LogP contribution in [0.4, 0.5) is 0 Å². The molecular weight excluding hydrogens is 332 g/mol. The fourth-order valence-corrected chi connectivity index (χ4v) is 4.69. The van der Waals surface area contributed by atoms with Gasteiger partial charge in [-0.05, 0) is 12.8 Å². The van der Waals surface area contributed by atoms with Gasteiger partial charge >= 0.3 is 0 Å². The number of nitrogens with one attached hydrogen (secondary N) is 1. The number of β-amino-alcohol motifs (C(OH)–C–C–N with tert-alkyl or cyclic N) is 1. The Hall–Kier alpha value is -0.730. The van der Waals surface area contributed by atoms with Crippen molar-refractivity contribution in [2.24, 2.45) is 0 Å². The predicted molar refractivity (Wildman–Crippen MR) is 101 cm³/mol. The number of nitrogens with zero attached hydrogens (tertiary/aromatic N) is 3. The molecule has 2 saturated heterocycles. The number of piperazine rings is 1. The zero-order valence-corrected chi connectivity index (χ0v) is 16.1. The van der Waals surface area contributed by atoms with Crippen molar-refractivity contribution in [3.63, 3.8) is 0 Å². The van der Waals surface area contributed by atoms with Crippen molar-refractivity contribution in [3.8, 4) is 0 Å². The number of rotatable bonds is 7. The van der Waals surface area contributed by atoms with E-state index in [9.17, 15) is 4.79 Å². The molecule has 1 aliphatic carbocycles. The quantitative estimate of drug-likeness (QED) is 0.646. The van der Waals surface area contributed by atoms with E-state index in [-0.39, 0.29) is 18.1 Å². The predicted octanol–water partition coefficient (Wildman–Crippen LogP) is -0.252. The van der Waals surface area contributed by atoms with Crippen LogP contribution in [0.15, 0.2) is 0 Å². The number of amides is 1. The topological polar surface area (TPSA) is 68.3 Å². The fourth-order valence-electron chi connectivity index (χ4n) is 4.69. The standard InChI is InChI=1S/C19H36N4O3/c24-13-10-21-6-8-22(9-7-21)16-18(25)20-17-19(4-2-1-3-5-19)23-11-14-26-15-12-23/h24H,1-17H2,(H,20,25). The second-order valence-corrected chi connectivity index (χ2v) is 8.00. The van der Waals surface area contributed by atoms with E-state index in [2.05, 4.69) is 20.0 Å². The summed E-state index contributed by atoms with van der Waals surface area (Å²) in [6.07, 6.45) is 6.22. The molecule has 1 amide bonds. The Labute approximate surface area is 157 Å². The number of carbonyl (C=O) groups excluding carboxylic acids is 1. The molecule has 150 valence electrons. The van der Waals surface area contributed by atoms with Gasteiger partial charge in [0.2, 0.25) is 5.91 Å². The summed E-state index contributed by atoms with van der Waals surface area (Å²) in [7, 11) is 0. The first-order valence-electron chi connectivity index (χ1n) is 10.4. The number of carbonyl (C=O) groups is 1. The van der Waals surface area contributed by atoms with E-state index in [1.54, 1.807) is 0 Å². The van der Waals surface area contributed by atoms with Crippen LogP contribution in [0.25, 0.3) is 0 Å². The SMILES string of the molecule is O=C(CN1CCN(CCO)CC1)NCC1(N2CCOCC2)CCCCC1. The zero-order valence-electron chi connectivity index (χ0n) is 16.1. The van der Waals surface area contributed by atoms with Crippen LogP contribution in [0.3, 0.4) is 0 Å². The Balaban J connectivity index is 1.45. The van der Waals surface area contributed by atoms with E-state index in [4.69, 9.17) is 9.84 Å². The number of hydrogen-bond acceptors (Lipinski definition) is 6. The molecule has 2 heterocycles. The lowest BCUT2D eigenvalue weighted by Crippen LogP contribution is -2.60. The smallest absolute Gasteiger partial charge is 0.234 e. The summed E-state index contributed by atoms with van der Waals surface area (Å²) in [5.74, 6) is 0.152. The molecular formula is C19H36N4O3. The van der Waals surface area contributed by atoms with Crippen molar-refractivity contribution in [1.82, 2.24) is 20.0 Å². The summed E-state index contributed by atoms with van der Waals surface area (Å²) in [5.41, 5.74) is 0.136. The number of aliphatic hydroxyl groups excluding tert-OH is 1. The van der Waals surface area contributed by atoms with Gasteiger partial charge in [0.05, 0.1) is 26.4 Å². The lowest BCUT2D eigenvalue weighted by molar-refractivity contribution is -0.124. The Morgan fingerprint density at radius 3 is 2.27 bits per heavy atom. The summed E-state index contributed by atoms with van der Waals surface area (Å²) in [4.78, 5) is 19.6. The first kappa shape index (κ1) is 20.0. The molecule has 2 N–H and O–H groups in total. The van der Waals surface area contributed by atoms with E-state index in [1.807, 2.05) is 0 Å². The molecule has 7 heteroatoms. The monoisotopic (exact) mass is 368 g/mol. The van der Waals surface area contributed by atoms with Crippen LogP contribution in [0.5, 0.6) is 0 Å². The molecule has 2 aliphatic heterocycles. The van der Waals surface area contributed by atoms with Crippen LogP contribution in [-0.2, 0) is 9.53 Å². The minimum atomic E-state index is 0.136. The van der Waals surface area contributed by atoms with Crippen molar-refractivity contribution in [3.05, 3.63) is 0 Å². The third-order valence-electron chi connectivity index (χ3n) is 6.33. The molecule has 0 atom stereocenters. The lowest BCUT2D eigenvalue weighted by atomic mass is 9.79. The normalized spacial score (nSPS) is 25.9. The highest BCUT2D eigenvalue weighted by Crippen LogP contribution is 2.33. The minimum absolute atomic E-state index is 0.136. The van der Waals surface area contributed by atoms with Crippen LogP contribution in [0.2, 0.25) is 0 Å². The van der Waals surface area contributed by atoms with Crippen LogP contribution in [0.1, 0.15) is 32.1 Å². The lowest BCUT2D eigenvalue weighted by Gasteiger charge is -2.48. The maximum atomic E-state index is 12.5. The van der Waals surface area contributed by atoms with E-state index < -0.39 is 0 Å². The average Bonchev–Trinajstić information content (AvgIpc) is 2.70. The third-order valence-corrected chi connectivity index (χ3v) is 6.33. The van der Waals surface area contributed by atoms with E-state index in [0.717, 1.165) is 65.6 Å². The zero-order chi connectivity index (χ0) is 18.2. The summed E-state index contributed by atoms with van der Waals surface area (Å²) in [5, 5.41) is 12.3. The number of hydrogen-bond donors (Lipinski definition) is 2. The van der Waals surface area contributed by atoms with Gasteiger partial charge in [0, 0.05) is 57.9 Å². The van der Waals surface area contributed by atoms with Crippen LogP contribution in [0, 0.1) is 0 Å². The molecule has 7 nitrogen and oxygen atoms in total. The molecule has 0 aromatic carbocycles. The molecule has 0 aromatic heterocycles. The summed E-state index contributed by atoms with van der Waals surface area (Å²) < 4.78 is 5.53. The Morgan fingerprint density at radius 1 is 0.962 bits per heavy atom. The van der Waals surface area contributed by atoms with Crippen molar-refractivity contribution in [2.45, 2.75) is 37.6 Å². The van der Waals surface area contributed by atoms with Crippen molar-refractivity contribution in [1.29, 1.82) is 0 Å². The molecule has 3 aliphatic rings. The Morgan fingerprint density at radius 2 is 1.62 bits per heavy atom. The molecule has 0 unspecified atom stereocenters. The van der Waals surface area contributed by atoms with Crippen molar-refractivity contribution >= 4 is 5.91 Å². The summed E-state index contributed by atoms with van der Waals surface area (Å²) in [6.45, 7) is 9.50. The summed E-state index contributed by atoms with van der Waals surface area (Å²) >= 11 is 0. The molecule has 3 fully saturated rings. The second-order valence-electron chi connectivity index (χ2n) is 8.00. The first-order valence-corrected chi connectivity index (χ1v) is 10.4. The highest BCUT2D eigenvalue weighted by Gasteiger charge is 2.38. The molecule has 26 heavy (non-hydrogen) atoms. The Kier molecular flexibility index (Phi) is 7.69. The molecule has 0 radical (unpaired) electrons. The molecule has 3 rings (SSSR count). The van der Waals surface area contributed by atoms with Crippen molar-refractivity contribution in [2.75, 3.05) is 78.7 Å². The van der Waals surface area contributed by atoms with Crippen LogP contribution >= 0.6 is 0 Å². The van der Waals surface area contributed by atoms with E-state index >= 15 is 0 Å². The minimum Gasteiger partial charge on any atom is -0.395 e. The van der Waals surface area contributed by atoms with Gasteiger partial charge in [0.1, 0.15) is 0 Å². The highest BCUT2D eigenvalue weighted by atomic mass is 16.5. The maximum Gasteiger partial charge on any atom is 0.234 e. The average molecular weight is 369 g/mol. The number of ether oxygens (including phenoxy) is 1. The summed E-state index contributed by atoms with van der Waals surface area (Å²) in [6, 6.07) is 0. The maximum absolute atomic E-state index is 12.5. The Bertz CT molecular complexity index is 429. The largest absolute Gasteiger partial charge is 0.395 e. The fraction of sp³-hybridized carbons (Fsp3) is 0.947. The van der Waals surface area contributed by atoms with Gasteiger partial charge in [0.25, 0.3) is 0 Å². The van der Waals surface area contributed by atoms with Gasteiger partial charge in [-0.15, -0.1) is 0 Å². The van der Waals surface area contributed by atoms with Gasteiger partial charge in [-0.25, -0.2) is 0 Å². The third kappa shape index (κ3) is 5.39. The molecule has 0 aromatic rings. The van der Waals surface area contributed by atoms with Crippen LogP contribution < -0.4 is 5.32 Å². The highest BCUT2D eigenvalue weighted by molar-refractivity contribution is 5.78. The van der Waals surface area contributed by atoms with Crippen LogP contribution in [-0.4, -0.2) is 110 Å². The molecule has 1 saturated carbocycles. The van der Waals surface area contributed by atoms with Gasteiger partial charge in [0.15, 0.2) is 0 Å². The van der Waals surface area contributed by atoms with E-state index in [0.29, 0.717) is 6.54 Å². The van der Waals surface area contributed by atoms with Gasteiger partial charge in [-0.2, -0.15) is 0 Å². The number of aliphatic hydroxyl groups is 1. The molecule has 0 bridgehead atoms. The van der Waals surface area contributed by atoms with Gasteiger partial charge < -0.3 is 15.2 Å². The second kappa shape index (κ2) is 9.99.